The molecule has 0 radical (unpaired) electrons. The van der Waals surface area contributed by atoms with E-state index in [1.54, 1.807) is 0 Å². The topological polar surface area (TPSA) is 44.8 Å². The van der Waals surface area contributed by atoms with Crippen molar-refractivity contribution < 1.29 is 19.0 Å². The second-order valence-corrected chi connectivity index (χ2v) is 5.09. The fourth-order valence-electron chi connectivity index (χ4n) is 2.40. The van der Waals surface area contributed by atoms with Crippen molar-refractivity contribution in [2.24, 2.45) is 5.92 Å². The SMILES string of the molecule is CC1(C)OC[C@H]([C@@H]2CC(=O)[C@@H]3C[C@@H]3O2)O1. The highest BCUT2D eigenvalue weighted by atomic mass is 16.7. The lowest BCUT2D eigenvalue weighted by molar-refractivity contribution is -0.165. The number of ether oxygens (including phenoxy) is 3. The normalized spacial score (nSPS) is 47.7. The average Bonchev–Trinajstić information content (AvgIpc) is 2.84. The average molecular weight is 212 g/mol. The van der Waals surface area contributed by atoms with Crippen LogP contribution in [0.1, 0.15) is 26.7 Å². The second kappa shape index (κ2) is 3.03. The zero-order valence-electron chi connectivity index (χ0n) is 9.06. The Bertz CT molecular complexity index is 299. The van der Waals surface area contributed by atoms with Gasteiger partial charge in [-0.05, 0) is 20.3 Å². The highest BCUT2D eigenvalue weighted by molar-refractivity contribution is 5.85. The van der Waals surface area contributed by atoms with Crippen molar-refractivity contribution in [2.75, 3.05) is 6.61 Å². The van der Waals surface area contributed by atoms with E-state index in [2.05, 4.69) is 0 Å². The van der Waals surface area contributed by atoms with Gasteiger partial charge < -0.3 is 14.2 Å². The summed E-state index contributed by atoms with van der Waals surface area (Å²) in [5.41, 5.74) is 0. The van der Waals surface area contributed by atoms with Crippen LogP contribution in [-0.4, -0.2) is 36.5 Å². The molecule has 0 amide bonds. The molecule has 4 nitrogen and oxygen atoms in total. The van der Waals surface area contributed by atoms with Gasteiger partial charge >= 0.3 is 0 Å². The van der Waals surface area contributed by atoms with E-state index in [4.69, 9.17) is 14.2 Å². The Hall–Kier alpha value is -0.450. The van der Waals surface area contributed by atoms with Gasteiger partial charge in [0.1, 0.15) is 11.9 Å². The van der Waals surface area contributed by atoms with Gasteiger partial charge in [0.25, 0.3) is 0 Å². The van der Waals surface area contributed by atoms with Crippen molar-refractivity contribution >= 4 is 5.78 Å². The van der Waals surface area contributed by atoms with E-state index < -0.39 is 5.79 Å². The summed E-state index contributed by atoms with van der Waals surface area (Å²) in [4.78, 5) is 11.6. The minimum atomic E-state index is -0.530. The first-order valence-electron chi connectivity index (χ1n) is 5.55. The van der Waals surface area contributed by atoms with E-state index >= 15 is 0 Å². The molecule has 0 N–H and O–H groups in total. The molecule has 84 valence electrons. The minimum absolute atomic E-state index is 0.0782. The molecule has 0 aromatic heterocycles. The molecule has 0 aromatic carbocycles. The fraction of sp³-hybridized carbons (Fsp3) is 0.909. The highest BCUT2D eigenvalue weighted by Crippen LogP contribution is 2.43. The van der Waals surface area contributed by atoms with Crippen LogP contribution in [0, 0.1) is 5.92 Å². The molecule has 3 aliphatic rings. The first kappa shape index (κ1) is 9.75. The van der Waals surface area contributed by atoms with Crippen molar-refractivity contribution in [3.63, 3.8) is 0 Å². The summed E-state index contributed by atoms with van der Waals surface area (Å²) in [5, 5.41) is 0. The Morgan fingerprint density at radius 1 is 1.27 bits per heavy atom. The second-order valence-electron chi connectivity index (χ2n) is 5.09. The summed E-state index contributed by atoms with van der Waals surface area (Å²) in [6.45, 7) is 4.30. The van der Waals surface area contributed by atoms with Crippen molar-refractivity contribution in [3.05, 3.63) is 0 Å². The summed E-state index contributed by atoms with van der Waals surface area (Å²) < 4.78 is 17.0. The molecule has 0 aromatic rings. The monoisotopic (exact) mass is 212 g/mol. The standard InChI is InChI=1S/C11H16O4/c1-11(2)13-5-10(15-11)9-4-7(12)6-3-8(6)14-9/h6,8-10H,3-5H2,1-2H3/t6-,8-,9-,10+/m0/s1. The van der Waals surface area contributed by atoms with Gasteiger partial charge in [0.2, 0.25) is 0 Å². The van der Waals surface area contributed by atoms with E-state index in [9.17, 15) is 4.79 Å². The molecule has 4 heteroatoms. The lowest BCUT2D eigenvalue weighted by Crippen LogP contribution is -2.38. The Balaban J connectivity index is 1.66. The number of fused-ring (bicyclic) bond motifs is 1. The van der Waals surface area contributed by atoms with Crippen LogP contribution in [0.25, 0.3) is 0 Å². The first-order valence-corrected chi connectivity index (χ1v) is 5.55. The Kier molecular flexibility index (Phi) is 1.97. The smallest absolute Gasteiger partial charge is 0.163 e. The van der Waals surface area contributed by atoms with Gasteiger partial charge in [-0.2, -0.15) is 0 Å². The molecule has 2 heterocycles. The Morgan fingerprint density at radius 2 is 2.07 bits per heavy atom. The van der Waals surface area contributed by atoms with Gasteiger partial charge in [-0.15, -0.1) is 0 Å². The largest absolute Gasteiger partial charge is 0.371 e. The summed E-state index contributed by atoms with van der Waals surface area (Å²) >= 11 is 0. The van der Waals surface area contributed by atoms with Crippen LogP contribution in [0.4, 0.5) is 0 Å². The summed E-state index contributed by atoms with van der Waals surface area (Å²) in [6.07, 6.45) is 1.40. The zero-order chi connectivity index (χ0) is 10.6. The predicted molar refractivity (Wildman–Crippen MR) is 51.3 cm³/mol. The maximum absolute atomic E-state index is 11.6. The van der Waals surface area contributed by atoms with E-state index in [-0.39, 0.29) is 24.2 Å². The molecule has 1 aliphatic carbocycles. The maximum atomic E-state index is 11.6. The molecule has 1 saturated carbocycles. The number of hydrogen-bond acceptors (Lipinski definition) is 4. The van der Waals surface area contributed by atoms with Crippen LogP contribution >= 0.6 is 0 Å². The minimum Gasteiger partial charge on any atom is -0.371 e. The van der Waals surface area contributed by atoms with Crippen LogP contribution in [0.5, 0.6) is 0 Å². The number of carbonyl (C=O) groups excluding carboxylic acids is 1. The Labute approximate surface area is 88.9 Å². The number of ketones is 1. The number of carbonyl (C=O) groups is 1. The molecular weight excluding hydrogens is 196 g/mol. The molecule has 0 spiro atoms. The lowest BCUT2D eigenvalue weighted by Gasteiger charge is -2.26. The van der Waals surface area contributed by atoms with E-state index in [0.717, 1.165) is 6.42 Å². The third kappa shape index (κ3) is 1.71. The molecule has 4 atom stereocenters. The Morgan fingerprint density at radius 3 is 2.67 bits per heavy atom. The summed E-state index contributed by atoms with van der Waals surface area (Å²) in [6, 6.07) is 0. The first-order chi connectivity index (χ1) is 7.05. The van der Waals surface area contributed by atoms with Gasteiger partial charge in [0.05, 0.1) is 18.8 Å². The number of hydrogen-bond donors (Lipinski definition) is 0. The molecule has 2 saturated heterocycles. The molecule has 15 heavy (non-hydrogen) atoms. The number of Topliss-reactive ketones (excluding diaryl/α,β-unsaturated/α-hetero) is 1. The summed E-state index contributed by atoms with van der Waals surface area (Å²) in [5.74, 6) is -0.00145. The van der Waals surface area contributed by atoms with Crippen molar-refractivity contribution in [3.8, 4) is 0 Å². The fourth-order valence-corrected chi connectivity index (χ4v) is 2.40. The molecule has 2 aliphatic heterocycles. The van der Waals surface area contributed by atoms with E-state index in [0.29, 0.717) is 18.8 Å². The molecule has 3 fully saturated rings. The zero-order valence-corrected chi connectivity index (χ0v) is 9.06. The third-order valence-electron chi connectivity index (χ3n) is 3.34. The van der Waals surface area contributed by atoms with Gasteiger partial charge in [0, 0.05) is 12.3 Å². The van der Waals surface area contributed by atoms with E-state index in [1.165, 1.54) is 0 Å². The van der Waals surface area contributed by atoms with Crippen LogP contribution in [0.2, 0.25) is 0 Å². The van der Waals surface area contributed by atoms with Gasteiger partial charge in [-0.3, -0.25) is 4.79 Å². The molecule has 3 rings (SSSR count). The molecule has 0 bridgehead atoms. The third-order valence-corrected chi connectivity index (χ3v) is 3.34. The van der Waals surface area contributed by atoms with Crippen molar-refractivity contribution in [1.29, 1.82) is 0 Å². The van der Waals surface area contributed by atoms with Crippen molar-refractivity contribution in [1.82, 2.24) is 0 Å². The van der Waals surface area contributed by atoms with Crippen molar-refractivity contribution in [2.45, 2.75) is 50.8 Å². The lowest BCUT2D eigenvalue weighted by atomic mass is 10.0. The molecule has 0 unspecified atom stereocenters. The van der Waals surface area contributed by atoms with E-state index in [1.807, 2.05) is 13.8 Å². The van der Waals surface area contributed by atoms with Crippen LogP contribution in [0.3, 0.4) is 0 Å². The predicted octanol–water partition coefficient (Wildman–Crippen LogP) is 0.884. The quantitative estimate of drug-likeness (QED) is 0.647. The van der Waals surface area contributed by atoms with Gasteiger partial charge in [-0.1, -0.05) is 0 Å². The molecular formula is C11H16O4. The number of rotatable bonds is 1. The summed E-state index contributed by atoms with van der Waals surface area (Å²) in [7, 11) is 0. The van der Waals surface area contributed by atoms with Gasteiger partial charge in [0.15, 0.2) is 5.79 Å². The van der Waals surface area contributed by atoms with Crippen LogP contribution in [-0.2, 0) is 19.0 Å². The maximum Gasteiger partial charge on any atom is 0.163 e. The van der Waals surface area contributed by atoms with Gasteiger partial charge in [-0.25, -0.2) is 0 Å². The van der Waals surface area contributed by atoms with Crippen LogP contribution in [0.15, 0.2) is 0 Å². The highest BCUT2D eigenvalue weighted by Gasteiger charge is 2.52. The van der Waals surface area contributed by atoms with Crippen LogP contribution < -0.4 is 0 Å².